The maximum absolute atomic E-state index is 5.98. The van der Waals surface area contributed by atoms with Crippen molar-refractivity contribution in [3.8, 4) is 5.75 Å². The predicted octanol–water partition coefficient (Wildman–Crippen LogP) is 4.63. The van der Waals surface area contributed by atoms with Crippen molar-refractivity contribution < 1.29 is 4.74 Å². The molecule has 0 bridgehead atoms. The van der Waals surface area contributed by atoms with E-state index in [0.29, 0.717) is 16.7 Å². The number of para-hydroxylation sites is 2. The number of rotatable bonds is 5. The zero-order valence-electron chi connectivity index (χ0n) is 12.5. The normalized spacial score (nSPS) is 10.2. The number of hydrogen-bond acceptors (Lipinski definition) is 5. The molecule has 0 aliphatic rings. The van der Waals surface area contributed by atoms with E-state index in [1.54, 1.807) is 7.11 Å². The van der Waals surface area contributed by atoms with E-state index in [2.05, 4.69) is 20.6 Å². The summed E-state index contributed by atoms with van der Waals surface area (Å²) in [5.74, 6) is 2.07. The third-order valence-corrected chi connectivity index (χ3v) is 3.37. The third kappa shape index (κ3) is 3.90. The van der Waals surface area contributed by atoms with Crippen LogP contribution in [0.5, 0.6) is 5.75 Å². The Morgan fingerprint density at radius 3 is 2.48 bits per heavy atom. The van der Waals surface area contributed by atoms with Gasteiger partial charge in [0.1, 0.15) is 23.7 Å². The fourth-order valence-electron chi connectivity index (χ4n) is 2.09. The minimum atomic E-state index is 0.661. The summed E-state index contributed by atoms with van der Waals surface area (Å²) in [5.41, 5.74) is 1.70. The Labute approximate surface area is 139 Å². The van der Waals surface area contributed by atoms with Gasteiger partial charge in [-0.05, 0) is 30.3 Å². The molecule has 0 fully saturated rings. The quantitative estimate of drug-likeness (QED) is 0.716. The first-order valence-electron chi connectivity index (χ1n) is 6.99. The number of halogens is 1. The summed E-state index contributed by atoms with van der Waals surface area (Å²) in [5, 5.41) is 7.07. The average Bonchev–Trinajstić information content (AvgIpc) is 2.56. The zero-order valence-corrected chi connectivity index (χ0v) is 13.2. The molecule has 0 aliphatic heterocycles. The highest BCUT2D eigenvalue weighted by molar-refractivity contribution is 6.30. The molecule has 0 atom stereocenters. The standard InChI is InChI=1S/C17H15ClN4O/c1-23-15-8-3-2-7-14(15)22-17-10-16(19-11-20-17)21-13-6-4-5-12(18)9-13/h2-11H,1H3,(H2,19,20,21,22). The van der Waals surface area contributed by atoms with Crippen LogP contribution in [0.15, 0.2) is 60.9 Å². The molecular weight excluding hydrogens is 312 g/mol. The van der Waals surface area contributed by atoms with Crippen molar-refractivity contribution in [2.24, 2.45) is 0 Å². The second-order valence-electron chi connectivity index (χ2n) is 4.75. The van der Waals surface area contributed by atoms with Crippen LogP contribution in [0.4, 0.5) is 23.0 Å². The highest BCUT2D eigenvalue weighted by Crippen LogP contribution is 2.27. The Bertz CT molecular complexity index is 810. The van der Waals surface area contributed by atoms with Crippen LogP contribution in [0.25, 0.3) is 0 Å². The van der Waals surface area contributed by atoms with Crippen molar-refractivity contribution in [2.75, 3.05) is 17.7 Å². The van der Waals surface area contributed by atoms with Crippen molar-refractivity contribution in [3.63, 3.8) is 0 Å². The largest absolute Gasteiger partial charge is 0.495 e. The predicted molar refractivity (Wildman–Crippen MR) is 93.0 cm³/mol. The Kier molecular flexibility index (Phi) is 4.59. The van der Waals surface area contributed by atoms with Crippen LogP contribution in [0.2, 0.25) is 5.02 Å². The number of benzene rings is 2. The first-order valence-corrected chi connectivity index (χ1v) is 7.37. The van der Waals surface area contributed by atoms with E-state index in [4.69, 9.17) is 16.3 Å². The molecule has 0 radical (unpaired) electrons. The topological polar surface area (TPSA) is 59.1 Å². The smallest absolute Gasteiger partial charge is 0.142 e. The van der Waals surface area contributed by atoms with Crippen LogP contribution in [0.1, 0.15) is 0 Å². The highest BCUT2D eigenvalue weighted by Gasteiger charge is 2.04. The number of hydrogen-bond donors (Lipinski definition) is 2. The molecule has 116 valence electrons. The molecule has 3 rings (SSSR count). The van der Waals surface area contributed by atoms with E-state index in [1.165, 1.54) is 6.33 Å². The molecule has 23 heavy (non-hydrogen) atoms. The van der Waals surface area contributed by atoms with Crippen LogP contribution >= 0.6 is 11.6 Å². The van der Waals surface area contributed by atoms with Crippen LogP contribution in [0.3, 0.4) is 0 Å². The summed E-state index contributed by atoms with van der Waals surface area (Å²) < 4.78 is 5.32. The number of nitrogens with one attached hydrogen (secondary N) is 2. The highest BCUT2D eigenvalue weighted by atomic mass is 35.5. The Balaban J connectivity index is 1.80. The van der Waals surface area contributed by atoms with Gasteiger partial charge in [0.15, 0.2) is 0 Å². The SMILES string of the molecule is COc1ccccc1Nc1cc(Nc2cccc(Cl)c2)ncn1. The first-order chi connectivity index (χ1) is 11.2. The van der Waals surface area contributed by atoms with E-state index in [0.717, 1.165) is 17.1 Å². The first kappa shape index (κ1) is 15.1. The van der Waals surface area contributed by atoms with Crippen LogP contribution in [0, 0.1) is 0 Å². The molecule has 5 nitrogen and oxygen atoms in total. The zero-order chi connectivity index (χ0) is 16.1. The minimum absolute atomic E-state index is 0.661. The number of ether oxygens (including phenoxy) is 1. The molecule has 1 heterocycles. The van der Waals surface area contributed by atoms with Gasteiger partial charge in [0.25, 0.3) is 0 Å². The van der Waals surface area contributed by atoms with Gasteiger partial charge >= 0.3 is 0 Å². The van der Waals surface area contributed by atoms with Gasteiger partial charge < -0.3 is 15.4 Å². The second kappa shape index (κ2) is 6.98. The van der Waals surface area contributed by atoms with E-state index in [-0.39, 0.29) is 0 Å². The molecule has 0 amide bonds. The van der Waals surface area contributed by atoms with Gasteiger partial charge in [-0.3, -0.25) is 0 Å². The average molecular weight is 327 g/mol. The van der Waals surface area contributed by atoms with Crippen molar-refractivity contribution in [3.05, 3.63) is 65.9 Å². The van der Waals surface area contributed by atoms with Crippen molar-refractivity contribution in [1.29, 1.82) is 0 Å². The molecule has 0 saturated carbocycles. The van der Waals surface area contributed by atoms with Gasteiger partial charge in [0.2, 0.25) is 0 Å². The summed E-state index contributed by atoms with van der Waals surface area (Å²) >= 11 is 5.98. The lowest BCUT2D eigenvalue weighted by Crippen LogP contribution is -1.99. The lowest BCUT2D eigenvalue weighted by atomic mass is 10.3. The third-order valence-electron chi connectivity index (χ3n) is 3.13. The second-order valence-corrected chi connectivity index (χ2v) is 5.19. The Morgan fingerprint density at radius 2 is 1.70 bits per heavy atom. The van der Waals surface area contributed by atoms with E-state index >= 15 is 0 Å². The number of methoxy groups -OCH3 is 1. The van der Waals surface area contributed by atoms with Gasteiger partial charge in [-0.2, -0.15) is 0 Å². The van der Waals surface area contributed by atoms with Crippen molar-refractivity contribution >= 4 is 34.6 Å². The molecule has 3 aromatic rings. The molecule has 2 N–H and O–H groups in total. The van der Waals surface area contributed by atoms with Gasteiger partial charge in [0.05, 0.1) is 12.8 Å². The lowest BCUT2D eigenvalue weighted by molar-refractivity contribution is 0.417. The van der Waals surface area contributed by atoms with Gasteiger partial charge in [-0.1, -0.05) is 29.8 Å². The van der Waals surface area contributed by atoms with Gasteiger partial charge in [-0.15, -0.1) is 0 Å². The molecular formula is C17H15ClN4O. The van der Waals surface area contributed by atoms with E-state index in [9.17, 15) is 0 Å². The Hall–Kier alpha value is -2.79. The minimum Gasteiger partial charge on any atom is -0.495 e. The summed E-state index contributed by atoms with van der Waals surface area (Å²) in [6.45, 7) is 0. The number of aromatic nitrogens is 2. The molecule has 0 spiro atoms. The summed E-state index contributed by atoms with van der Waals surface area (Å²) in [7, 11) is 1.63. The maximum Gasteiger partial charge on any atom is 0.142 e. The molecule has 0 unspecified atom stereocenters. The molecule has 2 aromatic carbocycles. The maximum atomic E-state index is 5.98. The molecule has 1 aromatic heterocycles. The van der Waals surface area contributed by atoms with Gasteiger partial charge in [-0.25, -0.2) is 9.97 Å². The Morgan fingerprint density at radius 1 is 0.913 bits per heavy atom. The van der Waals surface area contributed by atoms with Crippen LogP contribution in [-0.4, -0.2) is 17.1 Å². The summed E-state index contributed by atoms with van der Waals surface area (Å²) in [6, 6.07) is 16.9. The van der Waals surface area contributed by atoms with E-state index < -0.39 is 0 Å². The summed E-state index contributed by atoms with van der Waals surface area (Å²) in [6.07, 6.45) is 1.49. The molecule has 0 saturated heterocycles. The molecule has 0 aliphatic carbocycles. The van der Waals surface area contributed by atoms with Crippen molar-refractivity contribution in [2.45, 2.75) is 0 Å². The fourth-order valence-corrected chi connectivity index (χ4v) is 2.28. The van der Waals surface area contributed by atoms with Gasteiger partial charge in [0, 0.05) is 16.8 Å². The molecule has 6 heteroatoms. The number of nitrogens with zero attached hydrogens (tertiary/aromatic N) is 2. The van der Waals surface area contributed by atoms with Crippen molar-refractivity contribution in [1.82, 2.24) is 9.97 Å². The lowest BCUT2D eigenvalue weighted by Gasteiger charge is -2.11. The summed E-state index contributed by atoms with van der Waals surface area (Å²) in [4.78, 5) is 8.44. The van der Waals surface area contributed by atoms with Crippen LogP contribution < -0.4 is 15.4 Å². The van der Waals surface area contributed by atoms with E-state index in [1.807, 2.05) is 54.6 Å². The monoisotopic (exact) mass is 326 g/mol. The van der Waals surface area contributed by atoms with Crippen LogP contribution in [-0.2, 0) is 0 Å². The number of anilines is 4. The fraction of sp³-hybridized carbons (Fsp3) is 0.0588.